The van der Waals surface area contributed by atoms with Gasteiger partial charge in [-0.3, -0.25) is 4.79 Å². The number of hydrogen-bond acceptors (Lipinski definition) is 4. The number of ether oxygens (including phenoxy) is 1. The normalized spacial score (nSPS) is 19.5. The summed E-state index contributed by atoms with van der Waals surface area (Å²) in [4.78, 5) is 12.9. The van der Waals surface area contributed by atoms with E-state index in [0.717, 1.165) is 12.0 Å². The van der Waals surface area contributed by atoms with Crippen LogP contribution in [0.15, 0.2) is 53.6 Å². The van der Waals surface area contributed by atoms with Crippen molar-refractivity contribution < 1.29 is 27.8 Å². The second-order valence-corrected chi connectivity index (χ2v) is 6.43. The predicted octanol–water partition coefficient (Wildman–Crippen LogP) is 3.87. The first-order chi connectivity index (χ1) is 13.2. The molecule has 1 N–H and O–H groups in total. The Kier molecular flexibility index (Phi) is 5.16. The molecule has 28 heavy (non-hydrogen) atoms. The van der Waals surface area contributed by atoms with Crippen LogP contribution in [0.2, 0.25) is 0 Å². The lowest BCUT2D eigenvalue weighted by Gasteiger charge is -2.31. The maximum atomic E-state index is 13.3. The number of methoxy groups -OCH3 is 1. The molecule has 0 saturated heterocycles. The van der Waals surface area contributed by atoms with Crippen LogP contribution < -0.4 is 4.74 Å². The lowest BCUT2D eigenvalue weighted by molar-refractivity contribution is -0.0816. The van der Waals surface area contributed by atoms with Gasteiger partial charge in [0.25, 0.3) is 5.91 Å². The zero-order valence-corrected chi connectivity index (χ0v) is 15.3. The van der Waals surface area contributed by atoms with E-state index in [0.29, 0.717) is 10.8 Å². The molecule has 1 aliphatic heterocycles. The number of carbonyl (C=O) groups is 1. The van der Waals surface area contributed by atoms with E-state index in [9.17, 15) is 23.1 Å². The SMILES string of the molecule is CCc1ccc([C@]2(O)CC(C(F)(F)F)=NN2C(=O)c2ccc(OC)cc2)cc1. The number of amides is 1. The van der Waals surface area contributed by atoms with Crippen LogP contribution in [0.3, 0.4) is 0 Å². The van der Waals surface area contributed by atoms with Gasteiger partial charge in [-0.05, 0) is 36.2 Å². The van der Waals surface area contributed by atoms with Crippen LogP contribution in [0.1, 0.15) is 34.8 Å². The third-order valence-corrected chi connectivity index (χ3v) is 4.67. The van der Waals surface area contributed by atoms with E-state index in [1.54, 1.807) is 12.1 Å². The van der Waals surface area contributed by atoms with E-state index in [4.69, 9.17) is 4.74 Å². The predicted molar refractivity (Wildman–Crippen MR) is 97.0 cm³/mol. The third-order valence-electron chi connectivity index (χ3n) is 4.67. The van der Waals surface area contributed by atoms with Crippen molar-refractivity contribution in [2.45, 2.75) is 31.7 Å². The average molecular weight is 392 g/mol. The summed E-state index contributed by atoms with van der Waals surface area (Å²) in [6.07, 6.45) is -4.87. The summed E-state index contributed by atoms with van der Waals surface area (Å²) in [5.41, 5.74) is -2.24. The summed E-state index contributed by atoms with van der Waals surface area (Å²) in [6, 6.07) is 12.3. The maximum absolute atomic E-state index is 13.3. The highest BCUT2D eigenvalue weighted by atomic mass is 19.4. The molecular formula is C20H19F3N2O3. The highest BCUT2D eigenvalue weighted by molar-refractivity contribution is 5.99. The van der Waals surface area contributed by atoms with E-state index in [1.807, 2.05) is 6.92 Å². The van der Waals surface area contributed by atoms with Gasteiger partial charge in [-0.2, -0.15) is 23.3 Å². The van der Waals surface area contributed by atoms with Gasteiger partial charge in [0.1, 0.15) is 11.5 Å². The second-order valence-electron chi connectivity index (χ2n) is 6.43. The van der Waals surface area contributed by atoms with Gasteiger partial charge in [-0.1, -0.05) is 31.2 Å². The van der Waals surface area contributed by atoms with Crippen molar-refractivity contribution in [3.05, 3.63) is 65.2 Å². The third kappa shape index (κ3) is 3.60. The van der Waals surface area contributed by atoms with Gasteiger partial charge >= 0.3 is 6.18 Å². The molecule has 5 nitrogen and oxygen atoms in total. The summed E-state index contributed by atoms with van der Waals surface area (Å²) in [5, 5.41) is 15.1. The van der Waals surface area contributed by atoms with Gasteiger partial charge in [0, 0.05) is 11.1 Å². The number of hydrogen-bond donors (Lipinski definition) is 1. The Balaban J connectivity index is 2.03. The van der Waals surface area contributed by atoms with E-state index in [2.05, 4.69) is 5.10 Å². The summed E-state index contributed by atoms with van der Waals surface area (Å²) < 4.78 is 44.9. The van der Waals surface area contributed by atoms with Crippen LogP contribution in [-0.4, -0.2) is 35.0 Å². The molecule has 1 amide bonds. The van der Waals surface area contributed by atoms with Crippen molar-refractivity contribution >= 4 is 11.6 Å². The van der Waals surface area contributed by atoms with Crippen molar-refractivity contribution in [1.29, 1.82) is 0 Å². The molecule has 1 heterocycles. The Hall–Kier alpha value is -2.87. The molecule has 0 unspecified atom stereocenters. The fourth-order valence-corrected chi connectivity index (χ4v) is 3.01. The molecule has 3 rings (SSSR count). The standard InChI is InChI=1S/C20H19F3N2O3/c1-3-13-4-8-15(9-5-13)19(27)12-17(20(21,22)23)24-25(19)18(26)14-6-10-16(28-2)11-7-14/h4-11,27H,3,12H2,1-2H3/t19-/m1/s1. The zero-order chi connectivity index (χ0) is 20.5. The molecule has 0 bridgehead atoms. The smallest absolute Gasteiger partial charge is 0.431 e. The lowest BCUT2D eigenvalue weighted by atomic mass is 9.95. The molecular weight excluding hydrogens is 373 g/mol. The Morgan fingerprint density at radius 2 is 1.79 bits per heavy atom. The van der Waals surface area contributed by atoms with Gasteiger partial charge in [0.15, 0.2) is 5.72 Å². The highest BCUT2D eigenvalue weighted by Gasteiger charge is 2.53. The average Bonchev–Trinajstić information content (AvgIpc) is 3.06. The molecule has 0 spiro atoms. The number of aryl methyl sites for hydroxylation is 1. The highest BCUT2D eigenvalue weighted by Crippen LogP contribution is 2.40. The molecule has 2 aromatic carbocycles. The summed E-state index contributed by atoms with van der Waals surface area (Å²) in [5.74, 6) is -0.355. The molecule has 0 radical (unpaired) electrons. The van der Waals surface area contributed by atoms with Crippen molar-refractivity contribution in [2.24, 2.45) is 5.10 Å². The van der Waals surface area contributed by atoms with Gasteiger partial charge in [0.05, 0.1) is 13.5 Å². The van der Waals surface area contributed by atoms with Crippen LogP contribution in [0.5, 0.6) is 5.75 Å². The van der Waals surface area contributed by atoms with Crippen molar-refractivity contribution in [3.63, 3.8) is 0 Å². The molecule has 1 aliphatic rings. The molecule has 2 aromatic rings. The summed E-state index contributed by atoms with van der Waals surface area (Å²) in [6.45, 7) is 1.93. The summed E-state index contributed by atoms with van der Waals surface area (Å²) >= 11 is 0. The lowest BCUT2D eigenvalue weighted by Crippen LogP contribution is -2.43. The maximum Gasteiger partial charge on any atom is 0.431 e. The minimum atomic E-state index is -4.76. The first-order valence-corrected chi connectivity index (χ1v) is 8.64. The minimum Gasteiger partial charge on any atom is -0.497 e. The van der Waals surface area contributed by atoms with Gasteiger partial charge in [-0.25, -0.2) is 0 Å². The molecule has 0 aromatic heterocycles. The van der Waals surface area contributed by atoms with Crippen LogP contribution in [0.25, 0.3) is 0 Å². The first-order valence-electron chi connectivity index (χ1n) is 8.64. The molecule has 148 valence electrons. The first kappa shape index (κ1) is 19.9. The van der Waals surface area contributed by atoms with Crippen molar-refractivity contribution in [3.8, 4) is 5.75 Å². The quantitative estimate of drug-likeness (QED) is 0.859. The van der Waals surface area contributed by atoms with Gasteiger partial charge in [-0.15, -0.1) is 0 Å². The molecule has 0 aliphatic carbocycles. The number of aliphatic hydroxyl groups is 1. The largest absolute Gasteiger partial charge is 0.497 e. The number of hydrazone groups is 1. The number of alkyl halides is 3. The monoisotopic (exact) mass is 392 g/mol. The number of carbonyl (C=O) groups excluding carboxylic acids is 1. The van der Waals surface area contributed by atoms with E-state index in [1.165, 1.54) is 43.5 Å². The van der Waals surface area contributed by atoms with Crippen LogP contribution in [0.4, 0.5) is 13.2 Å². The number of nitrogens with zero attached hydrogens (tertiary/aromatic N) is 2. The molecule has 0 saturated carbocycles. The van der Waals surface area contributed by atoms with Crippen LogP contribution in [0, 0.1) is 0 Å². The molecule has 8 heteroatoms. The Labute approximate surface area is 160 Å². The molecule has 1 atom stereocenters. The van der Waals surface area contributed by atoms with Crippen molar-refractivity contribution in [2.75, 3.05) is 7.11 Å². The Morgan fingerprint density at radius 1 is 1.18 bits per heavy atom. The van der Waals surface area contributed by atoms with Crippen LogP contribution >= 0.6 is 0 Å². The number of benzene rings is 2. The van der Waals surface area contributed by atoms with Gasteiger partial charge < -0.3 is 9.84 Å². The summed E-state index contributed by atoms with van der Waals surface area (Å²) in [7, 11) is 1.45. The Morgan fingerprint density at radius 3 is 2.29 bits per heavy atom. The number of halogens is 3. The van der Waals surface area contributed by atoms with Crippen molar-refractivity contribution in [1.82, 2.24) is 5.01 Å². The van der Waals surface area contributed by atoms with Gasteiger partial charge in [0.2, 0.25) is 0 Å². The van der Waals surface area contributed by atoms with Crippen LogP contribution in [-0.2, 0) is 12.1 Å². The topological polar surface area (TPSA) is 62.1 Å². The Bertz CT molecular complexity index is 892. The van der Waals surface area contributed by atoms with E-state index in [-0.39, 0.29) is 11.1 Å². The zero-order valence-electron chi connectivity index (χ0n) is 15.3. The van der Waals surface area contributed by atoms with E-state index < -0.39 is 29.9 Å². The fourth-order valence-electron chi connectivity index (χ4n) is 3.01. The minimum absolute atomic E-state index is 0.0802. The number of rotatable bonds is 4. The van der Waals surface area contributed by atoms with E-state index >= 15 is 0 Å². The molecule has 0 fully saturated rings. The second kappa shape index (κ2) is 7.27. The fraction of sp³-hybridized carbons (Fsp3) is 0.300.